The molecule has 0 atom stereocenters. The van der Waals surface area contributed by atoms with Crippen molar-refractivity contribution in [2.24, 2.45) is 0 Å². The first-order chi connectivity index (χ1) is 7.04. The molecule has 1 N–H and O–H groups in total. The molecule has 0 aromatic heterocycles. The summed E-state index contributed by atoms with van der Waals surface area (Å²) in [5.74, 6) is 0.737. The van der Waals surface area contributed by atoms with Crippen LogP contribution in [0.15, 0.2) is 12.1 Å². The summed E-state index contributed by atoms with van der Waals surface area (Å²) in [6.07, 6.45) is 0.111. The average Bonchev–Trinajstić information content (AvgIpc) is 2.13. The van der Waals surface area contributed by atoms with Gasteiger partial charge in [-0.05, 0) is 26.8 Å². The van der Waals surface area contributed by atoms with Crippen LogP contribution in [0.3, 0.4) is 0 Å². The standard InChI is InChI=1S/C11H15Cl2NO/c1-4-14-10-5-8(12)9(13)6-11(10)15-7(2)3/h5-7,14H,4H2,1-3H3. The summed E-state index contributed by atoms with van der Waals surface area (Å²) in [6.45, 7) is 6.77. The van der Waals surface area contributed by atoms with Crippen molar-refractivity contribution in [2.75, 3.05) is 11.9 Å². The van der Waals surface area contributed by atoms with Crippen molar-refractivity contribution in [3.63, 3.8) is 0 Å². The van der Waals surface area contributed by atoms with Crippen LogP contribution < -0.4 is 10.1 Å². The van der Waals surface area contributed by atoms with Crippen molar-refractivity contribution in [3.8, 4) is 5.75 Å². The molecule has 0 amide bonds. The summed E-state index contributed by atoms with van der Waals surface area (Å²) >= 11 is 11.9. The van der Waals surface area contributed by atoms with Gasteiger partial charge in [-0.25, -0.2) is 0 Å². The van der Waals surface area contributed by atoms with Gasteiger partial charge in [0.25, 0.3) is 0 Å². The van der Waals surface area contributed by atoms with Gasteiger partial charge in [0, 0.05) is 12.6 Å². The van der Waals surface area contributed by atoms with Crippen LogP contribution in [0.1, 0.15) is 20.8 Å². The van der Waals surface area contributed by atoms with Crippen LogP contribution in [0.2, 0.25) is 10.0 Å². The maximum atomic E-state index is 5.93. The van der Waals surface area contributed by atoms with Crippen LogP contribution in [0.5, 0.6) is 5.75 Å². The fourth-order valence-electron chi connectivity index (χ4n) is 1.21. The van der Waals surface area contributed by atoms with Crippen molar-refractivity contribution < 1.29 is 4.74 Å². The smallest absolute Gasteiger partial charge is 0.144 e. The van der Waals surface area contributed by atoms with Crippen molar-refractivity contribution in [1.82, 2.24) is 0 Å². The predicted octanol–water partition coefficient (Wildman–Crippen LogP) is 4.21. The predicted molar refractivity (Wildman–Crippen MR) is 66.4 cm³/mol. The van der Waals surface area contributed by atoms with E-state index < -0.39 is 0 Å². The van der Waals surface area contributed by atoms with Gasteiger partial charge in [-0.15, -0.1) is 0 Å². The molecule has 15 heavy (non-hydrogen) atoms. The van der Waals surface area contributed by atoms with Gasteiger partial charge in [0.05, 0.1) is 21.8 Å². The van der Waals surface area contributed by atoms with Gasteiger partial charge in [-0.3, -0.25) is 0 Å². The summed E-state index contributed by atoms with van der Waals surface area (Å²) in [7, 11) is 0. The molecule has 84 valence electrons. The van der Waals surface area contributed by atoms with Crippen molar-refractivity contribution >= 4 is 28.9 Å². The maximum Gasteiger partial charge on any atom is 0.144 e. The Hall–Kier alpha value is -0.600. The summed E-state index contributed by atoms with van der Waals surface area (Å²) in [5, 5.41) is 4.22. The first-order valence-corrected chi connectivity index (χ1v) is 5.69. The molecule has 0 spiro atoms. The summed E-state index contributed by atoms with van der Waals surface area (Å²) in [5.41, 5.74) is 0.876. The van der Waals surface area contributed by atoms with Gasteiger partial charge in [0.15, 0.2) is 0 Å². The summed E-state index contributed by atoms with van der Waals surface area (Å²) < 4.78 is 5.63. The fourth-order valence-corrected chi connectivity index (χ4v) is 1.53. The molecule has 0 unspecified atom stereocenters. The number of anilines is 1. The van der Waals surface area contributed by atoms with Crippen LogP contribution in [0, 0.1) is 0 Å². The summed E-state index contributed by atoms with van der Waals surface area (Å²) in [4.78, 5) is 0. The lowest BCUT2D eigenvalue weighted by molar-refractivity contribution is 0.243. The molecule has 4 heteroatoms. The number of hydrogen-bond acceptors (Lipinski definition) is 2. The minimum atomic E-state index is 0.111. The highest BCUT2D eigenvalue weighted by Gasteiger charge is 2.09. The minimum Gasteiger partial charge on any atom is -0.489 e. The summed E-state index contributed by atoms with van der Waals surface area (Å²) in [6, 6.07) is 3.52. The number of ether oxygens (including phenoxy) is 1. The van der Waals surface area contributed by atoms with E-state index in [0.29, 0.717) is 10.0 Å². The zero-order valence-electron chi connectivity index (χ0n) is 9.10. The first kappa shape index (κ1) is 12.5. The molecular formula is C11H15Cl2NO. The quantitative estimate of drug-likeness (QED) is 0.861. The second kappa shape index (κ2) is 5.47. The Kier molecular flexibility index (Phi) is 4.55. The van der Waals surface area contributed by atoms with Gasteiger partial charge in [-0.1, -0.05) is 23.2 Å². The van der Waals surface area contributed by atoms with E-state index in [-0.39, 0.29) is 6.10 Å². The van der Waals surface area contributed by atoms with E-state index in [1.165, 1.54) is 0 Å². The Bertz CT molecular complexity index is 340. The van der Waals surface area contributed by atoms with Crippen LogP contribution in [0.4, 0.5) is 5.69 Å². The van der Waals surface area contributed by atoms with Gasteiger partial charge >= 0.3 is 0 Å². The zero-order valence-corrected chi connectivity index (χ0v) is 10.6. The van der Waals surface area contributed by atoms with E-state index in [1.807, 2.05) is 20.8 Å². The Morgan fingerprint density at radius 3 is 2.40 bits per heavy atom. The molecule has 0 bridgehead atoms. The van der Waals surface area contributed by atoms with Crippen molar-refractivity contribution in [2.45, 2.75) is 26.9 Å². The largest absolute Gasteiger partial charge is 0.489 e. The van der Waals surface area contributed by atoms with E-state index in [1.54, 1.807) is 12.1 Å². The Labute approximate surface area is 101 Å². The average molecular weight is 248 g/mol. The highest BCUT2D eigenvalue weighted by molar-refractivity contribution is 6.42. The maximum absolute atomic E-state index is 5.93. The lowest BCUT2D eigenvalue weighted by Gasteiger charge is -2.15. The highest BCUT2D eigenvalue weighted by atomic mass is 35.5. The third-order valence-electron chi connectivity index (χ3n) is 1.75. The number of hydrogen-bond donors (Lipinski definition) is 1. The number of nitrogens with one attached hydrogen (secondary N) is 1. The van der Waals surface area contributed by atoms with Gasteiger partial charge < -0.3 is 10.1 Å². The molecule has 0 heterocycles. The zero-order chi connectivity index (χ0) is 11.4. The molecule has 0 fully saturated rings. The van der Waals surface area contributed by atoms with Gasteiger partial charge in [0.1, 0.15) is 5.75 Å². The molecule has 1 rings (SSSR count). The lowest BCUT2D eigenvalue weighted by Crippen LogP contribution is -2.08. The second-order valence-electron chi connectivity index (χ2n) is 3.46. The lowest BCUT2D eigenvalue weighted by atomic mass is 10.3. The van der Waals surface area contributed by atoms with Gasteiger partial charge in [0.2, 0.25) is 0 Å². The minimum absolute atomic E-state index is 0.111. The van der Waals surface area contributed by atoms with E-state index in [2.05, 4.69) is 5.32 Å². The fraction of sp³-hybridized carbons (Fsp3) is 0.455. The van der Waals surface area contributed by atoms with E-state index >= 15 is 0 Å². The molecule has 0 radical (unpaired) electrons. The van der Waals surface area contributed by atoms with Crippen molar-refractivity contribution in [3.05, 3.63) is 22.2 Å². The van der Waals surface area contributed by atoms with Crippen LogP contribution in [0.25, 0.3) is 0 Å². The second-order valence-corrected chi connectivity index (χ2v) is 4.27. The van der Waals surface area contributed by atoms with E-state index in [0.717, 1.165) is 18.0 Å². The molecule has 2 nitrogen and oxygen atoms in total. The Morgan fingerprint density at radius 2 is 1.87 bits per heavy atom. The van der Waals surface area contributed by atoms with Crippen LogP contribution in [-0.2, 0) is 0 Å². The van der Waals surface area contributed by atoms with E-state index in [9.17, 15) is 0 Å². The topological polar surface area (TPSA) is 21.3 Å². The third kappa shape index (κ3) is 3.47. The number of rotatable bonds is 4. The Balaban J connectivity index is 3.04. The third-order valence-corrected chi connectivity index (χ3v) is 2.47. The molecular weight excluding hydrogens is 233 g/mol. The molecule has 0 saturated heterocycles. The molecule has 0 aliphatic carbocycles. The molecule has 1 aromatic rings. The highest BCUT2D eigenvalue weighted by Crippen LogP contribution is 2.34. The van der Waals surface area contributed by atoms with Gasteiger partial charge in [-0.2, -0.15) is 0 Å². The molecule has 0 aliphatic rings. The van der Waals surface area contributed by atoms with Crippen molar-refractivity contribution in [1.29, 1.82) is 0 Å². The molecule has 1 aromatic carbocycles. The Morgan fingerprint density at radius 1 is 1.27 bits per heavy atom. The molecule has 0 saturated carbocycles. The molecule has 0 aliphatic heterocycles. The van der Waals surface area contributed by atoms with Crippen LogP contribution >= 0.6 is 23.2 Å². The normalized spacial score (nSPS) is 10.5. The van der Waals surface area contributed by atoms with Crippen LogP contribution in [-0.4, -0.2) is 12.6 Å². The monoisotopic (exact) mass is 247 g/mol. The van der Waals surface area contributed by atoms with E-state index in [4.69, 9.17) is 27.9 Å². The number of benzene rings is 1. The first-order valence-electron chi connectivity index (χ1n) is 4.94. The number of halogens is 2. The SMILES string of the molecule is CCNc1cc(Cl)c(Cl)cc1OC(C)C.